The van der Waals surface area contributed by atoms with Gasteiger partial charge in [0.1, 0.15) is 5.75 Å². The molecule has 3 aromatic carbocycles. The third-order valence-corrected chi connectivity index (χ3v) is 5.96. The van der Waals surface area contributed by atoms with E-state index in [0.29, 0.717) is 15.0 Å². The highest BCUT2D eigenvalue weighted by molar-refractivity contribution is 8.27. The van der Waals surface area contributed by atoms with Gasteiger partial charge in [0.05, 0.1) is 10.6 Å². The van der Waals surface area contributed by atoms with E-state index in [0.717, 1.165) is 22.5 Å². The second-order valence-corrected chi connectivity index (χ2v) is 8.80. The molecule has 0 aliphatic carbocycles. The maximum absolute atomic E-state index is 12.8. The fraction of sp³-hybridized carbons (Fsp3) is 0.0800. The van der Waals surface area contributed by atoms with Gasteiger partial charge in [-0.2, -0.15) is 0 Å². The van der Waals surface area contributed by atoms with Gasteiger partial charge in [-0.3, -0.25) is 14.5 Å². The largest absolute Gasteiger partial charge is 0.484 e. The second-order valence-electron chi connectivity index (χ2n) is 7.13. The number of nitrogens with one attached hydrogen (secondary N) is 1. The summed E-state index contributed by atoms with van der Waals surface area (Å²) in [7, 11) is 0. The van der Waals surface area contributed by atoms with Crippen molar-refractivity contribution in [1.82, 2.24) is 0 Å². The Balaban J connectivity index is 1.36. The van der Waals surface area contributed by atoms with Crippen LogP contribution in [0.25, 0.3) is 6.08 Å². The van der Waals surface area contributed by atoms with Crippen LogP contribution >= 0.6 is 24.0 Å². The van der Waals surface area contributed by atoms with Crippen LogP contribution in [-0.4, -0.2) is 22.7 Å². The van der Waals surface area contributed by atoms with Gasteiger partial charge in [-0.25, -0.2) is 0 Å². The Morgan fingerprint density at radius 1 is 1.06 bits per heavy atom. The quantitative estimate of drug-likeness (QED) is 0.393. The number of anilines is 2. The lowest BCUT2D eigenvalue weighted by atomic mass is 10.2. The summed E-state index contributed by atoms with van der Waals surface area (Å²) < 4.78 is 6.08. The average molecular weight is 461 g/mol. The molecule has 1 fully saturated rings. The van der Waals surface area contributed by atoms with Crippen LogP contribution in [0.15, 0.2) is 83.8 Å². The van der Waals surface area contributed by atoms with Crippen LogP contribution < -0.4 is 15.0 Å². The Hall–Kier alpha value is -3.42. The first-order valence-corrected chi connectivity index (χ1v) is 11.1. The third kappa shape index (κ3) is 5.25. The van der Waals surface area contributed by atoms with Crippen LogP contribution in [0.3, 0.4) is 0 Å². The van der Waals surface area contributed by atoms with Crippen molar-refractivity contribution in [3.63, 3.8) is 0 Å². The first-order chi connectivity index (χ1) is 15.5. The lowest BCUT2D eigenvalue weighted by molar-refractivity contribution is -0.118. The number of amides is 2. The van der Waals surface area contributed by atoms with E-state index in [1.807, 2.05) is 73.7 Å². The van der Waals surface area contributed by atoms with E-state index in [-0.39, 0.29) is 18.4 Å². The highest BCUT2D eigenvalue weighted by Crippen LogP contribution is 2.36. The molecule has 0 radical (unpaired) electrons. The first-order valence-electron chi connectivity index (χ1n) is 9.92. The molecule has 1 aliphatic rings. The first kappa shape index (κ1) is 21.8. The maximum Gasteiger partial charge on any atom is 0.270 e. The summed E-state index contributed by atoms with van der Waals surface area (Å²) in [5.41, 5.74) is 3.41. The SMILES string of the molecule is Cc1cccc(NC(=O)COc2ccc(/C=C3/SC(=S)N(c4ccccc4)C3=O)cc2)c1. The molecule has 1 saturated heterocycles. The van der Waals surface area contributed by atoms with Crippen LogP contribution in [0.4, 0.5) is 11.4 Å². The molecule has 1 aliphatic heterocycles. The lowest BCUT2D eigenvalue weighted by Gasteiger charge is -2.13. The fourth-order valence-electron chi connectivity index (χ4n) is 3.15. The van der Waals surface area contributed by atoms with Crippen molar-refractivity contribution in [1.29, 1.82) is 0 Å². The summed E-state index contributed by atoms with van der Waals surface area (Å²) >= 11 is 6.67. The zero-order valence-corrected chi connectivity index (χ0v) is 18.9. The van der Waals surface area contributed by atoms with E-state index in [9.17, 15) is 9.59 Å². The Kier molecular flexibility index (Phi) is 6.68. The van der Waals surface area contributed by atoms with Crippen molar-refractivity contribution in [2.24, 2.45) is 0 Å². The summed E-state index contributed by atoms with van der Waals surface area (Å²) in [6, 6.07) is 24.1. The van der Waals surface area contributed by atoms with Gasteiger partial charge in [0, 0.05) is 5.69 Å². The zero-order valence-electron chi connectivity index (χ0n) is 17.3. The van der Waals surface area contributed by atoms with E-state index in [1.54, 1.807) is 18.2 Å². The molecule has 0 atom stereocenters. The smallest absolute Gasteiger partial charge is 0.270 e. The Labute approximate surface area is 196 Å². The number of hydrogen-bond donors (Lipinski definition) is 1. The van der Waals surface area contributed by atoms with Crippen LogP contribution in [0.2, 0.25) is 0 Å². The van der Waals surface area contributed by atoms with Crippen molar-refractivity contribution in [3.8, 4) is 5.75 Å². The van der Waals surface area contributed by atoms with Gasteiger partial charge >= 0.3 is 0 Å². The monoisotopic (exact) mass is 460 g/mol. The summed E-state index contributed by atoms with van der Waals surface area (Å²) in [6.45, 7) is 1.87. The van der Waals surface area contributed by atoms with E-state index in [1.165, 1.54) is 16.7 Å². The number of thioether (sulfide) groups is 1. The number of benzene rings is 3. The minimum Gasteiger partial charge on any atom is -0.484 e. The Morgan fingerprint density at radius 2 is 1.81 bits per heavy atom. The highest BCUT2D eigenvalue weighted by Gasteiger charge is 2.33. The van der Waals surface area contributed by atoms with Crippen LogP contribution in [0.1, 0.15) is 11.1 Å². The molecule has 7 heteroatoms. The van der Waals surface area contributed by atoms with Gasteiger partial charge in [-0.1, -0.05) is 66.4 Å². The number of ether oxygens (including phenoxy) is 1. The van der Waals surface area contributed by atoms with E-state index in [4.69, 9.17) is 17.0 Å². The number of carbonyl (C=O) groups excluding carboxylic acids is 2. The van der Waals surface area contributed by atoms with Crippen LogP contribution in [0.5, 0.6) is 5.75 Å². The predicted molar refractivity (Wildman–Crippen MR) is 134 cm³/mol. The number of carbonyl (C=O) groups is 2. The molecule has 160 valence electrons. The van der Waals surface area contributed by atoms with Crippen molar-refractivity contribution >= 4 is 57.6 Å². The molecule has 0 aromatic heterocycles. The topological polar surface area (TPSA) is 58.6 Å². The predicted octanol–water partition coefficient (Wildman–Crippen LogP) is 5.42. The van der Waals surface area contributed by atoms with Crippen LogP contribution in [0, 0.1) is 6.92 Å². The normalized spacial score (nSPS) is 14.7. The zero-order chi connectivity index (χ0) is 22.5. The molecule has 32 heavy (non-hydrogen) atoms. The lowest BCUT2D eigenvalue weighted by Crippen LogP contribution is -2.27. The molecule has 0 saturated carbocycles. The van der Waals surface area contributed by atoms with Gasteiger partial charge < -0.3 is 10.1 Å². The van der Waals surface area contributed by atoms with Crippen molar-refractivity contribution in [2.45, 2.75) is 6.92 Å². The molecule has 2 amide bonds. The molecule has 0 unspecified atom stereocenters. The average Bonchev–Trinajstić information content (AvgIpc) is 3.06. The van der Waals surface area contributed by atoms with Crippen LogP contribution in [-0.2, 0) is 9.59 Å². The van der Waals surface area contributed by atoms with Crippen molar-refractivity contribution in [2.75, 3.05) is 16.8 Å². The van der Waals surface area contributed by atoms with Gasteiger partial charge in [-0.05, 0) is 60.5 Å². The molecule has 4 rings (SSSR count). The maximum atomic E-state index is 12.8. The molecular weight excluding hydrogens is 440 g/mol. The van der Waals surface area contributed by atoms with E-state index < -0.39 is 0 Å². The summed E-state index contributed by atoms with van der Waals surface area (Å²) in [6.07, 6.45) is 1.80. The van der Waals surface area contributed by atoms with E-state index >= 15 is 0 Å². The van der Waals surface area contributed by atoms with Gasteiger partial charge in [-0.15, -0.1) is 0 Å². The van der Waals surface area contributed by atoms with E-state index in [2.05, 4.69) is 5.32 Å². The number of nitrogens with zero attached hydrogens (tertiary/aromatic N) is 1. The van der Waals surface area contributed by atoms with Crippen molar-refractivity contribution < 1.29 is 14.3 Å². The van der Waals surface area contributed by atoms with Crippen molar-refractivity contribution in [3.05, 3.63) is 94.9 Å². The molecule has 5 nitrogen and oxygen atoms in total. The number of rotatable bonds is 6. The standard InChI is InChI=1S/C25H20N2O3S2/c1-17-6-5-7-19(14-17)26-23(28)16-30-21-12-10-18(11-13-21)15-22-24(29)27(25(31)32-22)20-8-3-2-4-9-20/h2-15H,16H2,1H3,(H,26,28)/b22-15+. The number of thiocarbonyl (C=S) groups is 1. The van der Waals surface area contributed by atoms with Gasteiger partial charge in [0.2, 0.25) is 0 Å². The van der Waals surface area contributed by atoms with Gasteiger partial charge in [0.25, 0.3) is 11.8 Å². The molecule has 0 spiro atoms. The second kappa shape index (κ2) is 9.80. The molecule has 3 aromatic rings. The highest BCUT2D eigenvalue weighted by atomic mass is 32.2. The number of para-hydroxylation sites is 1. The fourth-order valence-corrected chi connectivity index (χ4v) is 4.45. The molecular formula is C25H20N2O3S2. The Morgan fingerprint density at radius 3 is 2.53 bits per heavy atom. The Bertz CT molecular complexity index is 1190. The van der Waals surface area contributed by atoms with Gasteiger partial charge in [0.15, 0.2) is 10.9 Å². The third-order valence-electron chi connectivity index (χ3n) is 4.66. The summed E-state index contributed by atoms with van der Waals surface area (Å²) in [5, 5.41) is 2.81. The summed E-state index contributed by atoms with van der Waals surface area (Å²) in [4.78, 5) is 27.0. The molecule has 1 N–H and O–H groups in total. The number of hydrogen-bond acceptors (Lipinski definition) is 5. The summed E-state index contributed by atoms with van der Waals surface area (Å²) in [5.74, 6) is 0.196. The minimum atomic E-state index is -0.232. The molecule has 1 heterocycles. The molecule has 0 bridgehead atoms. The number of aryl methyl sites for hydroxylation is 1. The minimum absolute atomic E-state index is 0.0942.